The number of rotatable bonds is 3. The highest BCUT2D eigenvalue weighted by atomic mass is 16.2. The summed E-state index contributed by atoms with van der Waals surface area (Å²) in [7, 11) is 0. The molecule has 0 radical (unpaired) electrons. The van der Waals surface area contributed by atoms with Crippen molar-refractivity contribution in [2.24, 2.45) is 0 Å². The van der Waals surface area contributed by atoms with Crippen molar-refractivity contribution >= 4 is 17.7 Å². The molecule has 7 nitrogen and oxygen atoms in total. The van der Waals surface area contributed by atoms with Crippen molar-refractivity contribution in [3.63, 3.8) is 0 Å². The summed E-state index contributed by atoms with van der Waals surface area (Å²) in [5.41, 5.74) is 1.19. The van der Waals surface area contributed by atoms with Gasteiger partial charge in [-0.1, -0.05) is 0 Å². The van der Waals surface area contributed by atoms with Gasteiger partial charge in [-0.15, -0.1) is 0 Å². The van der Waals surface area contributed by atoms with Crippen molar-refractivity contribution in [3.8, 4) is 6.07 Å². The third-order valence-electron chi connectivity index (χ3n) is 5.42. The van der Waals surface area contributed by atoms with Gasteiger partial charge in [-0.2, -0.15) is 10.2 Å². The zero-order valence-corrected chi connectivity index (χ0v) is 15.9. The molecule has 0 spiro atoms. The molecule has 0 aliphatic carbocycles. The summed E-state index contributed by atoms with van der Waals surface area (Å²) in [5, 5.41) is 8.89. The monoisotopic (exact) mass is 376 g/mol. The molecule has 2 aliphatic heterocycles. The molecule has 7 heteroatoms. The van der Waals surface area contributed by atoms with E-state index in [1.807, 2.05) is 17.2 Å². The standard InChI is InChI=1S/C21H24N6O/c22-16-17-4-6-18(7-5-17)20(28)26-14-12-25(13-15-26)19-8-9-23-21(24-19)27-10-2-1-3-11-27/h4-9H,1-3,10-15H2. The highest BCUT2D eigenvalue weighted by molar-refractivity contribution is 5.94. The van der Waals surface area contributed by atoms with Crippen LogP contribution in [-0.2, 0) is 0 Å². The summed E-state index contributed by atoms with van der Waals surface area (Å²) in [4.78, 5) is 28.3. The number of nitriles is 1. The molecular formula is C21H24N6O. The third kappa shape index (κ3) is 3.91. The minimum Gasteiger partial charge on any atom is -0.353 e. The highest BCUT2D eigenvalue weighted by Gasteiger charge is 2.23. The molecule has 28 heavy (non-hydrogen) atoms. The molecule has 4 rings (SSSR count). The lowest BCUT2D eigenvalue weighted by Crippen LogP contribution is -2.49. The quantitative estimate of drug-likeness (QED) is 0.818. The molecule has 2 saturated heterocycles. The third-order valence-corrected chi connectivity index (χ3v) is 5.42. The molecule has 0 saturated carbocycles. The van der Waals surface area contributed by atoms with Crippen LogP contribution in [0.4, 0.5) is 11.8 Å². The van der Waals surface area contributed by atoms with Gasteiger partial charge in [-0.3, -0.25) is 4.79 Å². The molecule has 144 valence electrons. The molecule has 2 aromatic rings. The zero-order chi connectivity index (χ0) is 19.3. The van der Waals surface area contributed by atoms with Gasteiger partial charge in [0.2, 0.25) is 5.95 Å². The van der Waals surface area contributed by atoms with Crippen molar-refractivity contribution < 1.29 is 4.79 Å². The van der Waals surface area contributed by atoms with Gasteiger partial charge in [0.1, 0.15) is 5.82 Å². The van der Waals surface area contributed by atoms with E-state index in [9.17, 15) is 4.79 Å². The first-order valence-electron chi connectivity index (χ1n) is 9.87. The molecule has 0 bridgehead atoms. The number of carbonyl (C=O) groups excluding carboxylic acids is 1. The normalized spacial score (nSPS) is 17.3. The van der Waals surface area contributed by atoms with Gasteiger partial charge in [0, 0.05) is 51.0 Å². The van der Waals surface area contributed by atoms with Crippen molar-refractivity contribution in [1.82, 2.24) is 14.9 Å². The average molecular weight is 376 g/mol. The van der Waals surface area contributed by atoms with Crippen molar-refractivity contribution in [1.29, 1.82) is 5.26 Å². The second-order valence-electron chi connectivity index (χ2n) is 7.23. The Morgan fingerprint density at radius 3 is 2.29 bits per heavy atom. The van der Waals surface area contributed by atoms with Crippen LogP contribution in [0.2, 0.25) is 0 Å². The Bertz CT molecular complexity index is 861. The van der Waals surface area contributed by atoms with Gasteiger partial charge in [0.05, 0.1) is 11.6 Å². The number of nitrogens with zero attached hydrogens (tertiary/aromatic N) is 6. The fraction of sp³-hybridized carbons (Fsp3) is 0.429. The summed E-state index contributed by atoms with van der Waals surface area (Å²) < 4.78 is 0. The van der Waals surface area contributed by atoms with Crippen molar-refractivity contribution in [2.45, 2.75) is 19.3 Å². The fourth-order valence-corrected chi connectivity index (χ4v) is 3.77. The molecule has 3 heterocycles. The van der Waals surface area contributed by atoms with Gasteiger partial charge < -0.3 is 14.7 Å². The summed E-state index contributed by atoms with van der Waals surface area (Å²) in [6.45, 7) is 4.85. The number of piperidine rings is 1. The summed E-state index contributed by atoms with van der Waals surface area (Å²) in [6, 6.07) is 10.9. The first-order valence-corrected chi connectivity index (χ1v) is 9.87. The van der Waals surface area contributed by atoms with Crippen LogP contribution in [0.3, 0.4) is 0 Å². The van der Waals surface area contributed by atoms with Gasteiger partial charge in [0.15, 0.2) is 0 Å². The largest absolute Gasteiger partial charge is 0.353 e. The molecule has 1 amide bonds. The van der Waals surface area contributed by atoms with Crippen molar-refractivity contribution in [2.75, 3.05) is 49.1 Å². The molecule has 1 aromatic carbocycles. The molecule has 2 fully saturated rings. The maximum atomic E-state index is 12.7. The van der Waals surface area contributed by atoms with Crippen LogP contribution < -0.4 is 9.80 Å². The number of carbonyl (C=O) groups is 1. The van der Waals surface area contributed by atoms with Gasteiger partial charge >= 0.3 is 0 Å². The maximum Gasteiger partial charge on any atom is 0.253 e. The SMILES string of the molecule is N#Cc1ccc(C(=O)N2CCN(c3ccnc(N4CCCCC4)n3)CC2)cc1. The van der Waals surface area contributed by atoms with Crippen LogP contribution >= 0.6 is 0 Å². The summed E-state index contributed by atoms with van der Waals surface area (Å²) >= 11 is 0. The van der Waals surface area contributed by atoms with E-state index in [1.165, 1.54) is 19.3 Å². The van der Waals surface area contributed by atoms with E-state index < -0.39 is 0 Å². The molecule has 1 aromatic heterocycles. The van der Waals surface area contributed by atoms with Crippen molar-refractivity contribution in [3.05, 3.63) is 47.7 Å². The Balaban J connectivity index is 1.38. The smallest absolute Gasteiger partial charge is 0.253 e. The molecular weight excluding hydrogens is 352 g/mol. The summed E-state index contributed by atoms with van der Waals surface area (Å²) in [6.07, 6.45) is 5.51. The molecule has 0 N–H and O–H groups in total. The van der Waals surface area contributed by atoms with E-state index in [2.05, 4.69) is 20.9 Å². The van der Waals surface area contributed by atoms with E-state index in [4.69, 9.17) is 10.2 Å². The Labute approximate surface area is 165 Å². The Kier molecular flexibility index (Phi) is 5.38. The lowest BCUT2D eigenvalue weighted by Gasteiger charge is -2.36. The Morgan fingerprint density at radius 1 is 0.893 bits per heavy atom. The molecule has 2 aliphatic rings. The Morgan fingerprint density at radius 2 is 1.61 bits per heavy atom. The van der Waals surface area contributed by atoms with Crippen LogP contribution in [0.1, 0.15) is 35.2 Å². The average Bonchev–Trinajstić information content (AvgIpc) is 2.79. The van der Waals surface area contributed by atoms with Gasteiger partial charge in [-0.25, -0.2) is 4.98 Å². The van der Waals surface area contributed by atoms with Crippen LogP contribution in [-0.4, -0.2) is 60.0 Å². The Hall–Kier alpha value is -3.14. The number of amides is 1. The number of aromatic nitrogens is 2. The first-order chi connectivity index (χ1) is 13.7. The lowest BCUT2D eigenvalue weighted by molar-refractivity contribution is 0.0746. The number of piperazine rings is 1. The van der Waals surface area contributed by atoms with Crippen LogP contribution in [0, 0.1) is 11.3 Å². The predicted molar refractivity (Wildman–Crippen MR) is 107 cm³/mol. The minimum atomic E-state index is 0.0147. The zero-order valence-electron chi connectivity index (χ0n) is 15.9. The second-order valence-corrected chi connectivity index (χ2v) is 7.23. The number of benzene rings is 1. The van der Waals surface area contributed by atoms with E-state index in [-0.39, 0.29) is 5.91 Å². The van der Waals surface area contributed by atoms with E-state index in [0.717, 1.165) is 37.9 Å². The van der Waals surface area contributed by atoms with Gasteiger partial charge in [-0.05, 0) is 49.6 Å². The fourth-order valence-electron chi connectivity index (χ4n) is 3.77. The predicted octanol–water partition coefficient (Wildman–Crippen LogP) is 2.30. The van der Waals surface area contributed by atoms with E-state index >= 15 is 0 Å². The summed E-state index contributed by atoms with van der Waals surface area (Å²) in [5.74, 6) is 1.76. The first kappa shape index (κ1) is 18.2. The van der Waals surface area contributed by atoms with Crippen LogP contribution in [0.25, 0.3) is 0 Å². The van der Waals surface area contributed by atoms with Crippen LogP contribution in [0.5, 0.6) is 0 Å². The molecule has 0 atom stereocenters. The topological polar surface area (TPSA) is 76.4 Å². The highest BCUT2D eigenvalue weighted by Crippen LogP contribution is 2.20. The lowest BCUT2D eigenvalue weighted by atomic mass is 10.1. The minimum absolute atomic E-state index is 0.0147. The van der Waals surface area contributed by atoms with E-state index in [0.29, 0.717) is 24.2 Å². The molecule has 0 unspecified atom stereocenters. The van der Waals surface area contributed by atoms with E-state index in [1.54, 1.807) is 24.3 Å². The van der Waals surface area contributed by atoms with Gasteiger partial charge in [0.25, 0.3) is 5.91 Å². The second kappa shape index (κ2) is 8.26. The number of hydrogen-bond acceptors (Lipinski definition) is 6. The van der Waals surface area contributed by atoms with Crippen LogP contribution in [0.15, 0.2) is 36.5 Å². The number of anilines is 2. The maximum absolute atomic E-state index is 12.7. The number of hydrogen-bond donors (Lipinski definition) is 0.